The van der Waals surface area contributed by atoms with Crippen molar-refractivity contribution in [2.45, 2.75) is 19.4 Å². The summed E-state index contributed by atoms with van der Waals surface area (Å²) in [6.45, 7) is 5.73. The lowest BCUT2D eigenvalue weighted by atomic mass is 10.1. The zero-order valence-electron chi connectivity index (χ0n) is 16.4. The van der Waals surface area contributed by atoms with E-state index < -0.39 is 11.7 Å². The van der Waals surface area contributed by atoms with Crippen molar-refractivity contribution in [3.8, 4) is 0 Å². The first-order valence-corrected chi connectivity index (χ1v) is 9.34. The molecule has 1 aromatic heterocycles. The Bertz CT molecular complexity index is 1010. The molecule has 3 rings (SSSR count). The van der Waals surface area contributed by atoms with Gasteiger partial charge < -0.3 is 21.3 Å². The van der Waals surface area contributed by atoms with Gasteiger partial charge in [-0.15, -0.1) is 0 Å². The van der Waals surface area contributed by atoms with Gasteiger partial charge in [0.1, 0.15) is 5.82 Å². The molecule has 4 N–H and O–H groups in total. The number of pyridine rings is 1. The van der Waals surface area contributed by atoms with Gasteiger partial charge in [0.25, 0.3) is 5.91 Å². The van der Waals surface area contributed by atoms with E-state index in [1.807, 2.05) is 0 Å². The van der Waals surface area contributed by atoms with E-state index in [4.69, 9.17) is 5.73 Å². The van der Waals surface area contributed by atoms with Crippen LogP contribution in [0, 0.1) is 5.82 Å². The molecule has 0 unspecified atom stereocenters. The Morgan fingerprint density at radius 3 is 2.60 bits per heavy atom. The van der Waals surface area contributed by atoms with Crippen LogP contribution in [-0.4, -0.2) is 41.7 Å². The van der Waals surface area contributed by atoms with Gasteiger partial charge in [0.15, 0.2) is 17.4 Å². The zero-order chi connectivity index (χ0) is 21.8. The van der Waals surface area contributed by atoms with E-state index in [1.54, 1.807) is 29.2 Å². The maximum Gasteiger partial charge on any atom is 0.252 e. The first-order valence-electron chi connectivity index (χ1n) is 9.34. The van der Waals surface area contributed by atoms with Crippen molar-refractivity contribution >= 4 is 34.9 Å². The van der Waals surface area contributed by atoms with Crippen LogP contribution in [0.5, 0.6) is 0 Å². The van der Waals surface area contributed by atoms with Crippen molar-refractivity contribution in [3.05, 3.63) is 59.9 Å². The number of halogens is 1. The predicted molar refractivity (Wildman–Crippen MR) is 111 cm³/mol. The van der Waals surface area contributed by atoms with Crippen LogP contribution in [0.15, 0.2) is 43.0 Å². The number of rotatable bonds is 7. The van der Waals surface area contributed by atoms with E-state index in [0.717, 1.165) is 6.07 Å². The molecule has 1 aliphatic heterocycles. The predicted octanol–water partition coefficient (Wildman–Crippen LogP) is 2.15. The molecule has 0 spiro atoms. The lowest BCUT2D eigenvalue weighted by Crippen LogP contribution is -2.36. The molecular weight excluding hydrogens is 389 g/mol. The fourth-order valence-corrected chi connectivity index (χ4v) is 3.24. The van der Waals surface area contributed by atoms with Crippen LogP contribution in [0.3, 0.4) is 0 Å². The fraction of sp³-hybridized carbons (Fsp3) is 0.238. The summed E-state index contributed by atoms with van der Waals surface area (Å²) in [4.78, 5) is 40.7. The molecule has 1 atom stereocenters. The summed E-state index contributed by atoms with van der Waals surface area (Å²) in [5.41, 5.74) is 6.40. The van der Waals surface area contributed by atoms with Crippen LogP contribution in [0.2, 0.25) is 0 Å². The topological polar surface area (TPSA) is 117 Å². The number of hydrogen-bond donors (Lipinski definition) is 3. The van der Waals surface area contributed by atoms with Crippen molar-refractivity contribution < 1.29 is 18.8 Å². The second-order valence-corrected chi connectivity index (χ2v) is 6.96. The zero-order valence-corrected chi connectivity index (χ0v) is 16.4. The number of ketones is 1. The molecule has 2 aromatic rings. The molecule has 0 aliphatic carbocycles. The molecule has 8 nitrogen and oxygen atoms in total. The Morgan fingerprint density at radius 1 is 1.30 bits per heavy atom. The van der Waals surface area contributed by atoms with Gasteiger partial charge in [-0.3, -0.25) is 14.4 Å². The SMILES string of the molecule is C=CC(=O)N[C@H]1CCN(c2nc(Nc3ccc(C(C)=O)cc3)c(C(N)=O)cc2F)C1. The minimum absolute atomic E-state index is 0.0539. The monoisotopic (exact) mass is 411 g/mol. The summed E-state index contributed by atoms with van der Waals surface area (Å²) < 4.78 is 14.7. The fourth-order valence-electron chi connectivity index (χ4n) is 3.24. The van der Waals surface area contributed by atoms with Crippen LogP contribution < -0.4 is 21.3 Å². The average Bonchev–Trinajstić information content (AvgIpc) is 3.17. The summed E-state index contributed by atoms with van der Waals surface area (Å²) in [6, 6.07) is 7.46. The van der Waals surface area contributed by atoms with Gasteiger partial charge in [-0.2, -0.15) is 0 Å². The highest BCUT2D eigenvalue weighted by Gasteiger charge is 2.28. The van der Waals surface area contributed by atoms with E-state index in [9.17, 15) is 18.8 Å². The van der Waals surface area contributed by atoms with Gasteiger partial charge in [0, 0.05) is 30.4 Å². The summed E-state index contributed by atoms with van der Waals surface area (Å²) in [6.07, 6.45) is 1.80. The Kier molecular flexibility index (Phi) is 6.10. The van der Waals surface area contributed by atoms with Crippen LogP contribution in [0.25, 0.3) is 0 Å². The number of aromatic nitrogens is 1. The smallest absolute Gasteiger partial charge is 0.252 e. The van der Waals surface area contributed by atoms with Gasteiger partial charge in [-0.25, -0.2) is 9.37 Å². The Balaban J connectivity index is 1.87. The summed E-state index contributed by atoms with van der Waals surface area (Å²) >= 11 is 0. The number of primary amides is 1. The summed E-state index contributed by atoms with van der Waals surface area (Å²) in [5, 5.41) is 5.74. The number of nitrogens with two attached hydrogens (primary N) is 1. The largest absolute Gasteiger partial charge is 0.365 e. The van der Waals surface area contributed by atoms with Gasteiger partial charge >= 0.3 is 0 Å². The highest BCUT2D eigenvalue weighted by Crippen LogP contribution is 2.28. The Labute approximate surface area is 173 Å². The molecule has 1 aliphatic rings. The number of Topliss-reactive ketones (excluding diaryl/α,β-unsaturated/α-hetero) is 1. The van der Waals surface area contributed by atoms with Crippen LogP contribution in [0.1, 0.15) is 34.1 Å². The van der Waals surface area contributed by atoms with Gasteiger partial charge in [-0.1, -0.05) is 6.58 Å². The maximum absolute atomic E-state index is 14.7. The van der Waals surface area contributed by atoms with Crippen molar-refractivity contribution in [2.24, 2.45) is 5.73 Å². The molecule has 156 valence electrons. The number of hydrogen-bond acceptors (Lipinski definition) is 6. The number of carbonyl (C=O) groups excluding carboxylic acids is 3. The molecule has 30 heavy (non-hydrogen) atoms. The number of nitrogens with zero attached hydrogens (tertiary/aromatic N) is 2. The Hall–Kier alpha value is -3.75. The van der Waals surface area contributed by atoms with Crippen LogP contribution >= 0.6 is 0 Å². The molecule has 2 heterocycles. The molecule has 1 saturated heterocycles. The first-order chi connectivity index (χ1) is 14.3. The minimum atomic E-state index is -0.826. The molecule has 9 heteroatoms. The molecule has 1 aromatic carbocycles. The van der Waals surface area contributed by atoms with Crippen LogP contribution in [0.4, 0.5) is 21.7 Å². The molecule has 0 saturated carbocycles. The standard InChI is InChI=1S/C21H22FN5O3/c1-3-18(29)24-15-8-9-27(11-15)21-17(22)10-16(19(23)30)20(26-21)25-14-6-4-13(5-7-14)12(2)28/h3-7,10,15H,1,8-9,11H2,2H3,(H2,23,30)(H,24,29)(H,25,26)/t15-/m0/s1. The van der Waals surface area contributed by atoms with E-state index in [1.165, 1.54) is 13.0 Å². The minimum Gasteiger partial charge on any atom is -0.365 e. The van der Waals surface area contributed by atoms with Crippen molar-refractivity contribution in [1.29, 1.82) is 0 Å². The third-order valence-corrected chi connectivity index (χ3v) is 4.80. The highest BCUT2D eigenvalue weighted by atomic mass is 19.1. The van der Waals surface area contributed by atoms with Crippen LogP contribution in [-0.2, 0) is 4.79 Å². The average molecular weight is 411 g/mol. The third-order valence-electron chi connectivity index (χ3n) is 4.80. The quantitative estimate of drug-likeness (QED) is 0.475. The first kappa shape index (κ1) is 21.0. The Morgan fingerprint density at radius 2 is 2.00 bits per heavy atom. The number of benzene rings is 1. The normalized spacial score (nSPS) is 15.5. The second-order valence-electron chi connectivity index (χ2n) is 6.96. The summed E-state index contributed by atoms with van der Waals surface area (Å²) in [7, 11) is 0. The second kappa shape index (κ2) is 8.73. The number of anilines is 3. The number of nitrogens with one attached hydrogen (secondary N) is 2. The number of amides is 2. The van der Waals surface area contributed by atoms with E-state index in [0.29, 0.717) is 30.8 Å². The van der Waals surface area contributed by atoms with Crippen molar-refractivity contribution in [3.63, 3.8) is 0 Å². The van der Waals surface area contributed by atoms with Crippen molar-refractivity contribution in [1.82, 2.24) is 10.3 Å². The molecule has 2 amide bonds. The highest BCUT2D eigenvalue weighted by molar-refractivity contribution is 5.99. The van der Waals surface area contributed by atoms with Gasteiger partial charge in [0.05, 0.1) is 5.56 Å². The maximum atomic E-state index is 14.7. The number of carbonyl (C=O) groups is 3. The summed E-state index contributed by atoms with van der Waals surface area (Å²) in [5.74, 6) is -1.72. The van der Waals surface area contributed by atoms with Crippen molar-refractivity contribution in [2.75, 3.05) is 23.3 Å². The molecule has 0 radical (unpaired) electrons. The molecule has 0 bridgehead atoms. The van der Waals surface area contributed by atoms with E-state index >= 15 is 0 Å². The lowest BCUT2D eigenvalue weighted by molar-refractivity contribution is -0.117. The lowest BCUT2D eigenvalue weighted by Gasteiger charge is -2.20. The molecule has 1 fully saturated rings. The van der Waals surface area contributed by atoms with E-state index in [-0.39, 0.29) is 34.9 Å². The van der Waals surface area contributed by atoms with Gasteiger partial charge in [0.2, 0.25) is 5.91 Å². The molecular formula is C21H22FN5O3. The third kappa shape index (κ3) is 4.62. The van der Waals surface area contributed by atoms with E-state index in [2.05, 4.69) is 22.2 Å². The van der Waals surface area contributed by atoms with Gasteiger partial charge in [-0.05, 0) is 49.8 Å².